The van der Waals surface area contributed by atoms with E-state index in [4.69, 9.17) is 14.2 Å². The van der Waals surface area contributed by atoms with E-state index in [-0.39, 0.29) is 5.97 Å². The lowest BCUT2D eigenvalue weighted by molar-refractivity contribution is -0.144. The SMILES string of the molecule is CCCCCCCCCOCCOCCCC(=O)OCCCCCCC. The van der Waals surface area contributed by atoms with Crippen LogP contribution in [0.2, 0.25) is 0 Å². The quantitative estimate of drug-likeness (QED) is 0.181. The van der Waals surface area contributed by atoms with Crippen LogP contribution in [0, 0.1) is 0 Å². The predicted molar refractivity (Wildman–Crippen MR) is 109 cm³/mol. The van der Waals surface area contributed by atoms with Crippen molar-refractivity contribution in [3.63, 3.8) is 0 Å². The molecule has 0 atom stereocenters. The summed E-state index contributed by atoms with van der Waals surface area (Å²) in [5.41, 5.74) is 0. The van der Waals surface area contributed by atoms with Gasteiger partial charge in [0.2, 0.25) is 0 Å². The second-order valence-electron chi connectivity index (χ2n) is 7.08. The molecule has 0 radical (unpaired) electrons. The molecular weight excluding hydrogens is 328 g/mol. The number of carbonyl (C=O) groups excluding carboxylic acids is 1. The second-order valence-corrected chi connectivity index (χ2v) is 7.08. The number of hydrogen-bond donors (Lipinski definition) is 0. The maximum Gasteiger partial charge on any atom is 0.305 e. The van der Waals surface area contributed by atoms with Crippen molar-refractivity contribution in [3.05, 3.63) is 0 Å². The van der Waals surface area contributed by atoms with Crippen molar-refractivity contribution in [2.75, 3.05) is 33.0 Å². The van der Waals surface area contributed by atoms with Crippen LogP contribution >= 0.6 is 0 Å². The minimum absolute atomic E-state index is 0.0979. The average Bonchev–Trinajstić information content (AvgIpc) is 2.65. The average molecular weight is 373 g/mol. The molecule has 156 valence electrons. The van der Waals surface area contributed by atoms with Gasteiger partial charge >= 0.3 is 5.97 Å². The third-order valence-electron chi connectivity index (χ3n) is 4.44. The van der Waals surface area contributed by atoms with Gasteiger partial charge in [0.15, 0.2) is 0 Å². The molecule has 4 nitrogen and oxygen atoms in total. The second kappa shape index (κ2) is 22.4. The summed E-state index contributed by atoms with van der Waals surface area (Å²) in [4.78, 5) is 11.5. The fourth-order valence-electron chi connectivity index (χ4n) is 2.77. The van der Waals surface area contributed by atoms with Crippen molar-refractivity contribution in [1.82, 2.24) is 0 Å². The first-order valence-electron chi connectivity index (χ1n) is 11.1. The van der Waals surface area contributed by atoms with Gasteiger partial charge < -0.3 is 14.2 Å². The molecule has 0 amide bonds. The van der Waals surface area contributed by atoms with E-state index >= 15 is 0 Å². The Morgan fingerprint density at radius 1 is 0.538 bits per heavy atom. The molecule has 0 heterocycles. The van der Waals surface area contributed by atoms with Gasteiger partial charge in [-0.25, -0.2) is 0 Å². The van der Waals surface area contributed by atoms with E-state index < -0.39 is 0 Å². The van der Waals surface area contributed by atoms with Gasteiger partial charge in [0.1, 0.15) is 0 Å². The van der Waals surface area contributed by atoms with Crippen molar-refractivity contribution in [3.8, 4) is 0 Å². The molecule has 0 unspecified atom stereocenters. The Balaban J connectivity index is 3.11. The van der Waals surface area contributed by atoms with Gasteiger partial charge in [0.05, 0.1) is 19.8 Å². The zero-order chi connectivity index (χ0) is 19.1. The lowest BCUT2D eigenvalue weighted by Crippen LogP contribution is -2.09. The molecule has 26 heavy (non-hydrogen) atoms. The fraction of sp³-hybridized carbons (Fsp3) is 0.955. The smallest absolute Gasteiger partial charge is 0.305 e. The molecule has 0 aliphatic rings. The van der Waals surface area contributed by atoms with Crippen molar-refractivity contribution < 1.29 is 19.0 Å². The summed E-state index contributed by atoms with van der Waals surface area (Å²) in [7, 11) is 0. The Morgan fingerprint density at radius 2 is 1.00 bits per heavy atom. The number of esters is 1. The highest BCUT2D eigenvalue weighted by Crippen LogP contribution is 2.07. The number of hydrogen-bond acceptors (Lipinski definition) is 4. The lowest BCUT2D eigenvalue weighted by Gasteiger charge is -2.07. The zero-order valence-electron chi connectivity index (χ0n) is 17.6. The molecule has 4 heteroatoms. The van der Waals surface area contributed by atoms with E-state index in [1.807, 2.05) is 0 Å². The van der Waals surface area contributed by atoms with Crippen molar-refractivity contribution >= 4 is 5.97 Å². The highest BCUT2D eigenvalue weighted by molar-refractivity contribution is 5.69. The monoisotopic (exact) mass is 372 g/mol. The number of rotatable bonds is 21. The first-order chi connectivity index (χ1) is 12.8. The minimum atomic E-state index is -0.0979. The van der Waals surface area contributed by atoms with Crippen LogP contribution in [0.15, 0.2) is 0 Å². The third kappa shape index (κ3) is 21.4. The Kier molecular flexibility index (Phi) is 21.9. The number of unbranched alkanes of at least 4 members (excludes halogenated alkanes) is 10. The molecule has 0 aliphatic heterocycles. The molecule has 0 rings (SSSR count). The predicted octanol–water partition coefficient (Wildman–Crippen LogP) is 6.06. The van der Waals surface area contributed by atoms with E-state index in [1.54, 1.807) is 0 Å². The molecule has 0 aromatic carbocycles. The van der Waals surface area contributed by atoms with Gasteiger partial charge in [-0.1, -0.05) is 78.1 Å². The first kappa shape index (κ1) is 25.4. The van der Waals surface area contributed by atoms with Crippen LogP contribution in [0.25, 0.3) is 0 Å². The summed E-state index contributed by atoms with van der Waals surface area (Å²) in [5.74, 6) is -0.0979. The number of carbonyl (C=O) groups is 1. The fourth-order valence-corrected chi connectivity index (χ4v) is 2.77. The molecule has 0 saturated carbocycles. The van der Waals surface area contributed by atoms with Gasteiger partial charge in [0, 0.05) is 19.6 Å². The molecular formula is C22H44O4. The molecule has 0 aromatic rings. The van der Waals surface area contributed by atoms with Crippen molar-refractivity contribution in [2.24, 2.45) is 0 Å². The van der Waals surface area contributed by atoms with Gasteiger partial charge in [-0.2, -0.15) is 0 Å². The van der Waals surface area contributed by atoms with Crippen LogP contribution < -0.4 is 0 Å². The zero-order valence-corrected chi connectivity index (χ0v) is 17.6. The molecule has 0 spiro atoms. The van der Waals surface area contributed by atoms with Crippen LogP contribution in [-0.2, 0) is 19.0 Å². The summed E-state index contributed by atoms with van der Waals surface area (Å²) < 4.78 is 16.3. The summed E-state index contributed by atoms with van der Waals surface area (Å²) in [6.07, 6.45) is 16.2. The van der Waals surface area contributed by atoms with E-state index in [9.17, 15) is 4.79 Å². The van der Waals surface area contributed by atoms with E-state index in [2.05, 4.69) is 13.8 Å². The van der Waals surface area contributed by atoms with Crippen LogP contribution in [0.5, 0.6) is 0 Å². The van der Waals surface area contributed by atoms with Crippen molar-refractivity contribution in [1.29, 1.82) is 0 Å². The molecule has 0 saturated heterocycles. The van der Waals surface area contributed by atoms with Gasteiger partial charge in [-0.15, -0.1) is 0 Å². The Bertz CT molecular complexity index is 281. The lowest BCUT2D eigenvalue weighted by atomic mass is 10.1. The maximum atomic E-state index is 11.5. The minimum Gasteiger partial charge on any atom is -0.466 e. The first-order valence-corrected chi connectivity index (χ1v) is 11.1. The molecule has 0 N–H and O–H groups in total. The van der Waals surface area contributed by atoms with Gasteiger partial charge in [-0.05, 0) is 19.3 Å². The molecule has 0 aliphatic carbocycles. The van der Waals surface area contributed by atoms with Crippen LogP contribution in [0.1, 0.15) is 104 Å². The van der Waals surface area contributed by atoms with Gasteiger partial charge in [0.25, 0.3) is 0 Å². The molecule has 0 bridgehead atoms. The third-order valence-corrected chi connectivity index (χ3v) is 4.44. The standard InChI is InChI=1S/C22H44O4/c1-3-5-7-9-10-12-13-17-24-20-21-25-18-15-16-22(23)26-19-14-11-8-6-4-2/h3-21H2,1-2H3. The summed E-state index contributed by atoms with van der Waals surface area (Å²) in [5, 5.41) is 0. The highest BCUT2D eigenvalue weighted by Gasteiger charge is 2.02. The normalized spacial score (nSPS) is 11.0. The van der Waals surface area contributed by atoms with Crippen LogP contribution in [0.4, 0.5) is 0 Å². The summed E-state index contributed by atoms with van der Waals surface area (Å²) in [6, 6.07) is 0. The Morgan fingerprint density at radius 3 is 1.58 bits per heavy atom. The van der Waals surface area contributed by atoms with E-state index in [0.29, 0.717) is 32.8 Å². The van der Waals surface area contributed by atoms with Crippen molar-refractivity contribution in [2.45, 2.75) is 104 Å². The van der Waals surface area contributed by atoms with Crippen LogP contribution in [0.3, 0.4) is 0 Å². The van der Waals surface area contributed by atoms with E-state index in [0.717, 1.165) is 32.3 Å². The molecule has 0 fully saturated rings. The van der Waals surface area contributed by atoms with Crippen LogP contribution in [-0.4, -0.2) is 39.0 Å². The maximum absolute atomic E-state index is 11.5. The van der Waals surface area contributed by atoms with E-state index in [1.165, 1.54) is 57.8 Å². The Hall–Kier alpha value is -0.610. The molecule has 0 aromatic heterocycles. The summed E-state index contributed by atoms with van der Waals surface area (Å²) >= 11 is 0. The van der Waals surface area contributed by atoms with Gasteiger partial charge in [-0.3, -0.25) is 4.79 Å². The summed E-state index contributed by atoms with van der Waals surface area (Å²) in [6.45, 7) is 7.72. The highest BCUT2D eigenvalue weighted by atomic mass is 16.5. The number of ether oxygens (including phenoxy) is 3. The largest absolute Gasteiger partial charge is 0.466 e. The Labute approximate surface area is 162 Å². The topological polar surface area (TPSA) is 44.8 Å².